The van der Waals surface area contributed by atoms with Crippen molar-refractivity contribution in [1.82, 2.24) is 4.90 Å². The maximum absolute atomic E-state index is 12.6. The number of carbonyl (C=O) groups is 1. The summed E-state index contributed by atoms with van der Waals surface area (Å²) in [5.41, 5.74) is 1.95. The third-order valence-corrected chi connectivity index (χ3v) is 4.77. The Hall–Kier alpha value is -2.21. The Morgan fingerprint density at radius 3 is 3.05 bits per heavy atom. The first-order valence-corrected chi connectivity index (χ1v) is 8.25. The van der Waals surface area contributed by atoms with Crippen molar-refractivity contribution in [2.24, 2.45) is 0 Å². The van der Waals surface area contributed by atoms with Crippen LogP contribution in [-0.2, 0) is 0 Å². The number of benzene rings is 1. The predicted octanol–water partition coefficient (Wildman–Crippen LogP) is 3.85. The van der Waals surface area contributed by atoms with Crippen molar-refractivity contribution >= 4 is 23.1 Å². The van der Waals surface area contributed by atoms with Crippen LogP contribution in [0.1, 0.15) is 24.4 Å². The van der Waals surface area contributed by atoms with Crippen molar-refractivity contribution in [3.8, 4) is 11.5 Å². The number of nitrogens with zero attached hydrogens (tertiary/aromatic N) is 1. The monoisotopic (exact) mass is 316 g/mol. The van der Waals surface area contributed by atoms with E-state index in [1.807, 2.05) is 17.0 Å². The first kappa shape index (κ1) is 13.5. The van der Waals surface area contributed by atoms with Crippen LogP contribution in [0.25, 0.3) is 0 Å². The fourth-order valence-corrected chi connectivity index (χ4v) is 3.70. The second kappa shape index (κ2) is 5.53. The van der Waals surface area contributed by atoms with Crippen molar-refractivity contribution in [3.63, 3.8) is 0 Å². The molecule has 6 heteroatoms. The lowest BCUT2D eigenvalue weighted by Gasteiger charge is -2.24. The quantitative estimate of drug-likeness (QED) is 0.915. The van der Waals surface area contributed by atoms with E-state index in [1.165, 1.54) is 5.56 Å². The van der Waals surface area contributed by atoms with Gasteiger partial charge in [0, 0.05) is 18.3 Å². The molecule has 1 fully saturated rings. The average molecular weight is 316 g/mol. The van der Waals surface area contributed by atoms with Gasteiger partial charge in [0.05, 0.1) is 6.04 Å². The topological polar surface area (TPSA) is 50.8 Å². The summed E-state index contributed by atoms with van der Waals surface area (Å²) in [7, 11) is 0. The van der Waals surface area contributed by atoms with Gasteiger partial charge in [-0.2, -0.15) is 11.3 Å². The van der Waals surface area contributed by atoms with E-state index in [0.717, 1.165) is 30.8 Å². The standard InChI is InChI=1S/C16H16N2O3S/c19-16(17-12-3-4-14-15(8-12)21-10-20-14)18-6-1-2-13(18)11-5-7-22-9-11/h3-5,7-9,13H,1-2,6,10H2,(H,17,19). The molecule has 1 unspecified atom stereocenters. The highest BCUT2D eigenvalue weighted by Crippen LogP contribution is 2.36. The minimum atomic E-state index is -0.0624. The molecule has 1 saturated heterocycles. The summed E-state index contributed by atoms with van der Waals surface area (Å²) in [5, 5.41) is 7.14. The van der Waals surface area contributed by atoms with Gasteiger partial charge < -0.3 is 19.7 Å². The summed E-state index contributed by atoms with van der Waals surface area (Å²) in [5.74, 6) is 1.39. The average Bonchev–Trinajstić information content (AvgIpc) is 3.26. The van der Waals surface area contributed by atoms with Crippen LogP contribution in [0.5, 0.6) is 11.5 Å². The normalized spacial score (nSPS) is 19.5. The van der Waals surface area contributed by atoms with Crippen molar-refractivity contribution in [1.29, 1.82) is 0 Å². The molecular formula is C16H16N2O3S. The summed E-state index contributed by atoms with van der Waals surface area (Å²) in [6, 6.07) is 7.67. The minimum Gasteiger partial charge on any atom is -0.454 e. The number of carbonyl (C=O) groups excluding carboxylic acids is 1. The van der Waals surface area contributed by atoms with Gasteiger partial charge in [0.1, 0.15) is 0 Å². The molecule has 3 heterocycles. The van der Waals surface area contributed by atoms with E-state index in [0.29, 0.717) is 5.75 Å². The van der Waals surface area contributed by atoms with E-state index in [1.54, 1.807) is 17.4 Å². The first-order chi connectivity index (χ1) is 10.8. The lowest BCUT2D eigenvalue weighted by Crippen LogP contribution is -2.34. The van der Waals surface area contributed by atoms with E-state index >= 15 is 0 Å². The predicted molar refractivity (Wildman–Crippen MR) is 84.6 cm³/mol. The van der Waals surface area contributed by atoms with Gasteiger partial charge in [0.15, 0.2) is 11.5 Å². The van der Waals surface area contributed by atoms with Gasteiger partial charge in [0.2, 0.25) is 6.79 Å². The maximum Gasteiger partial charge on any atom is 0.322 e. The molecule has 0 spiro atoms. The largest absolute Gasteiger partial charge is 0.454 e. The number of rotatable bonds is 2. The summed E-state index contributed by atoms with van der Waals surface area (Å²) >= 11 is 1.67. The Morgan fingerprint density at radius 2 is 2.18 bits per heavy atom. The lowest BCUT2D eigenvalue weighted by atomic mass is 10.1. The molecule has 2 aliphatic heterocycles. The molecule has 0 radical (unpaired) electrons. The number of anilines is 1. The highest BCUT2D eigenvalue weighted by molar-refractivity contribution is 7.07. The van der Waals surface area contributed by atoms with Crippen LogP contribution < -0.4 is 14.8 Å². The Morgan fingerprint density at radius 1 is 1.27 bits per heavy atom. The zero-order chi connectivity index (χ0) is 14.9. The van der Waals surface area contributed by atoms with Crippen LogP contribution in [0.4, 0.5) is 10.5 Å². The van der Waals surface area contributed by atoms with Gasteiger partial charge in [-0.1, -0.05) is 0 Å². The maximum atomic E-state index is 12.6. The Kier molecular flexibility index (Phi) is 3.38. The molecule has 2 aliphatic rings. The van der Waals surface area contributed by atoms with E-state index in [2.05, 4.69) is 22.1 Å². The molecule has 0 bridgehead atoms. The van der Waals surface area contributed by atoms with E-state index < -0.39 is 0 Å². The van der Waals surface area contributed by atoms with Crippen LogP contribution in [0.3, 0.4) is 0 Å². The van der Waals surface area contributed by atoms with Crippen molar-refractivity contribution in [2.45, 2.75) is 18.9 Å². The van der Waals surface area contributed by atoms with Gasteiger partial charge in [-0.25, -0.2) is 4.79 Å². The molecule has 22 heavy (non-hydrogen) atoms. The minimum absolute atomic E-state index is 0.0624. The lowest BCUT2D eigenvalue weighted by molar-refractivity contribution is 0.174. The highest BCUT2D eigenvalue weighted by atomic mass is 32.1. The van der Waals surface area contributed by atoms with Crippen LogP contribution in [0, 0.1) is 0 Å². The summed E-state index contributed by atoms with van der Waals surface area (Å²) in [4.78, 5) is 14.5. The van der Waals surface area contributed by atoms with Gasteiger partial charge in [0.25, 0.3) is 0 Å². The molecule has 1 aromatic carbocycles. The third-order valence-electron chi connectivity index (χ3n) is 4.07. The van der Waals surface area contributed by atoms with Crippen LogP contribution in [-0.4, -0.2) is 24.3 Å². The molecule has 2 amide bonds. The van der Waals surface area contributed by atoms with E-state index in [-0.39, 0.29) is 18.9 Å². The Balaban J connectivity index is 1.49. The second-order valence-electron chi connectivity index (χ2n) is 5.41. The number of likely N-dealkylation sites (tertiary alicyclic amines) is 1. The number of hydrogen-bond donors (Lipinski definition) is 1. The van der Waals surface area contributed by atoms with E-state index in [4.69, 9.17) is 9.47 Å². The highest BCUT2D eigenvalue weighted by Gasteiger charge is 2.30. The smallest absolute Gasteiger partial charge is 0.322 e. The van der Waals surface area contributed by atoms with Gasteiger partial charge in [-0.05, 0) is 47.4 Å². The van der Waals surface area contributed by atoms with Crippen LogP contribution in [0.15, 0.2) is 35.0 Å². The number of nitrogens with one attached hydrogen (secondary N) is 1. The zero-order valence-electron chi connectivity index (χ0n) is 12.0. The summed E-state index contributed by atoms with van der Waals surface area (Å²) in [6.45, 7) is 1.02. The molecule has 5 nitrogen and oxygen atoms in total. The van der Waals surface area contributed by atoms with Crippen LogP contribution in [0.2, 0.25) is 0 Å². The molecule has 1 atom stereocenters. The van der Waals surface area contributed by atoms with Gasteiger partial charge >= 0.3 is 6.03 Å². The molecular weight excluding hydrogens is 300 g/mol. The number of ether oxygens (including phenoxy) is 2. The van der Waals surface area contributed by atoms with Crippen molar-refractivity contribution in [3.05, 3.63) is 40.6 Å². The number of fused-ring (bicyclic) bond motifs is 1. The molecule has 1 aromatic heterocycles. The van der Waals surface area contributed by atoms with Gasteiger partial charge in [-0.3, -0.25) is 0 Å². The van der Waals surface area contributed by atoms with Crippen LogP contribution >= 0.6 is 11.3 Å². The van der Waals surface area contributed by atoms with Crippen molar-refractivity contribution in [2.75, 3.05) is 18.7 Å². The van der Waals surface area contributed by atoms with Gasteiger partial charge in [-0.15, -0.1) is 0 Å². The molecule has 114 valence electrons. The number of hydrogen-bond acceptors (Lipinski definition) is 4. The SMILES string of the molecule is O=C(Nc1ccc2c(c1)OCO2)N1CCCC1c1ccsc1. The third kappa shape index (κ3) is 2.39. The van der Waals surface area contributed by atoms with Crippen molar-refractivity contribution < 1.29 is 14.3 Å². The molecule has 2 aromatic rings. The second-order valence-corrected chi connectivity index (χ2v) is 6.19. The molecule has 1 N–H and O–H groups in total. The Labute approximate surface area is 132 Å². The zero-order valence-corrected chi connectivity index (χ0v) is 12.8. The van der Waals surface area contributed by atoms with E-state index in [9.17, 15) is 4.79 Å². The summed E-state index contributed by atoms with van der Waals surface area (Å²) in [6.07, 6.45) is 2.06. The Bertz CT molecular complexity index is 687. The molecule has 0 aliphatic carbocycles. The first-order valence-electron chi connectivity index (χ1n) is 7.30. The molecule has 0 saturated carbocycles. The molecule has 4 rings (SSSR count). The number of thiophene rings is 1. The number of urea groups is 1. The number of amides is 2. The fourth-order valence-electron chi connectivity index (χ4n) is 2.99. The summed E-state index contributed by atoms with van der Waals surface area (Å²) < 4.78 is 10.6. The fraction of sp³-hybridized carbons (Fsp3) is 0.312.